The molecule has 0 fully saturated rings. The van der Waals surface area contributed by atoms with Crippen LogP contribution in [-0.4, -0.2) is 17.1 Å². The van der Waals surface area contributed by atoms with E-state index < -0.39 is 23.7 Å². The second-order valence-corrected chi connectivity index (χ2v) is 4.06. The van der Waals surface area contributed by atoms with Crippen molar-refractivity contribution < 1.29 is 14.3 Å². The summed E-state index contributed by atoms with van der Waals surface area (Å²) in [7, 11) is 0. The molecule has 0 saturated heterocycles. The Kier molecular flexibility index (Phi) is 3.65. The van der Waals surface area contributed by atoms with Crippen molar-refractivity contribution in [2.75, 3.05) is 0 Å². The predicted molar refractivity (Wildman–Crippen MR) is 59.9 cm³/mol. The number of benzene rings is 1. The third kappa shape index (κ3) is 2.22. The number of aryl methyl sites for hydroxylation is 1. The molecule has 3 N–H and O–H groups in total. The number of carboxylic acids is 1. The number of hydrogen-bond donors (Lipinski definition) is 2. The molecule has 4 heteroatoms. The van der Waals surface area contributed by atoms with Gasteiger partial charge < -0.3 is 10.8 Å². The molecular weight excluding hydrogens is 209 g/mol. The molecule has 88 valence electrons. The van der Waals surface area contributed by atoms with Crippen molar-refractivity contribution in [1.29, 1.82) is 0 Å². The van der Waals surface area contributed by atoms with Gasteiger partial charge in [-0.15, -0.1) is 0 Å². The van der Waals surface area contributed by atoms with Gasteiger partial charge in [0.1, 0.15) is 11.9 Å². The normalized spacial score (nSPS) is 14.6. The van der Waals surface area contributed by atoms with E-state index >= 15 is 0 Å². The third-order valence-corrected chi connectivity index (χ3v) is 3.01. The number of halogens is 1. The average Bonchev–Trinajstić information content (AvgIpc) is 2.22. The van der Waals surface area contributed by atoms with Crippen molar-refractivity contribution in [3.05, 3.63) is 34.6 Å². The fraction of sp³-hybridized carbons (Fsp3) is 0.417. The van der Waals surface area contributed by atoms with Crippen LogP contribution in [0.15, 0.2) is 12.1 Å². The zero-order chi connectivity index (χ0) is 12.5. The highest BCUT2D eigenvalue weighted by Crippen LogP contribution is 2.27. The van der Waals surface area contributed by atoms with Crippen molar-refractivity contribution in [2.24, 2.45) is 5.73 Å². The van der Waals surface area contributed by atoms with Crippen LogP contribution in [-0.2, 0) is 4.79 Å². The Bertz CT molecular complexity index is 418. The lowest BCUT2D eigenvalue weighted by Gasteiger charge is -2.20. The summed E-state index contributed by atoms with van der Waals surface area (Å²) < 4.78 is 13.7. The van der Waals surface area contributed by atoms with E-state index in [0.717, 1.165) is 11.1 Å². The monoisotopic (exact) mass is 225 g/mol. The molecular formula is C12H16FNO2. The van der Waals surface area contributed by atoms with Gasteiger partial charge in [0.05, 0.1) is 0 Å². The van der Waals surface area contributed by atoms with Crippen LogP contribution in [0.4, 0.5) is 4.39 Å². The minimum absolute atomic E-state index is 0.396. The van der Waals surface area contributed by atoms with Gasteiger partial charge in [-0.2, -0.15) is 0 Å². The number of rotatable bonds is 3. The molecule has 0 radical (unpaired) electrons. The van der Waals surface area contributed by atoms with E-state index in [1.807, 2.05) is 6.92 Å². The van der Waals surface area contributed by atoms with Gasteiger partial charge in [0, 0.05) is 5.92 Å². The van der Waals surface area contributed by atoms with Crippen LogP contribution in [0, 0.1) is 19.7 Å². The second-order valence-electron chi connectivity index (χ2n) is 4.06. The Balaban J connectivity index is 3.22. The van der Waals surface area contributed by atoms with Crippen LogP contribution in [0.25, 0.3) is 0 Å². The van der Waals surface area contributed by atoms with Gasteiger partial charge in [-0.25, -0.2) is 4.39 Å². The lowest BCUT2D eigenvalue weighted by Crippen LogP contribution is -2.36. The summed E-state index contributed by atoms with van der Waals surface area (Å²) in [4.78, 5) is 10.8. The van der Waals surface area contributed by atoms with E-state index in [1.165, 1.54) is 6.07 Å². The molecule has 0 bridgehead atoms. The van der Waals surface area contributed by atoms with Crippen molar-refractivity contribution in [3.63, 3.8) is 0 Å². The quantitative estimate of drug-likeness (QED) is 0.826. The van der Waals surface area contributed by atoms with Crippen LogP contribution in [0.2, 0.25) is 0 Å². The number of aliphatic carboxylic acids is 1. The molecule has 0 aromatic heterocycles. The Morgan fingerprint density at radius 1 is 1.44 bits per heavy atom. The minimum atomic E-state index is -1.12. The molecule has 16 heavy (non-hydrogen) atoms. The smallest absolute Gasteiger partial charge is 0.321 e. The summed E-state index contributed by atoms with van der Waals surface area (Å²) >= 11 is 0. The lowest BCUT2D eigenvalue weighted by molar-refractivity contribution is -0.139. The lowest BCUT2D eigenvalue weighted by atomic mass is 9.88. The first-order valence-electron chi connectivity index (χ1n) is 5.10. The van der Waals surface area contributed by atoms with Crippen LogP contribution >= 0.6 is 0 Å². The Hall–Kier alpha value is -1.42. The number of carbonyl (C=O) groups is 1. The summed E-state index contributed by atoms with van der Waals surface area (Å²) in [6.45, 7) is 5.26. The third-order valence-electron chi connectivity index (χ3n) is 3.01. The molecule has 0 aliphatic rings. The van der Waals surface area contributed by atoms with Crippen LogP contribution < -0.4 is 5.73 Å². The van der Waals surface area contributed by atoms with Gasteiger partial charge in [-0.05, 0) is 36.6 Å². The number of nitrogens with two attached hydrogens (primary N) is 1. The average molecular weight is 225 g/mol. The molecule has 0 amide bonds. The van der Waals surface area contributed by atoms with Gasteiger partial charge in [-0.3, -0.25) is 4.79 Å². The maximum atomic E-state index is 13.7. The number of carboxylic acid groups (broad SMARTS) is 1. The molecule has 0 aliphatic heterocycles. The number of hydrogen-bond acceptors (Lipinski definition) is 2. The molecule has 3 nitrogen and oxygen atoms in total. The maximum absolute atomic E-state index is 13.7. The zero-order valence-electron chi connectivity index (χ0n) is 9.62. The summed E-state index contributed by atoms with van der Waals surface area (Å²) in [6.07, 6.45) is 0. The largest absolute Gasteiger partial charge is 0.480 e. The molecule has 0 heterocycles. The van der Waals surface area contributed by atoms with Crippen molar-refractivity contribution in [1.82, 2.24) is 0 Å². The Labute approximate surface area is 94.1 Å². The fourth-order valence-corrected chi connectivity index (χ4v) is 1.76. The predicted octanol–water partition coefficient (Wildman–Crippen LogP) is 1.96. The highest BCUT2D eigenvalue weighted by Gasteiger charge is 2.25. The summed E-state index contributed by atoms with van der Waals surface area (Å²) in [5.41, 5.74) is 7.61. The van der Waals surface area contributed by atoms with Gasteiger partial charge in [0.15, 0.2) is 0 Å². The summed E-state index contributed by atoms with van der Waals surface area (Å²) in [6, 6.07) is 1.94. The molecule has 0 unspecified atom stereocenters. The molecule has 1 aromatic carbocycles. The zero-order valence-corrected chi connectivity index (χ0v) is 9.62. The first-order valence-corrected chi connectivity index (χ1v) is 5.10. The minimum Gasteiger partial charge on any atom is -0.480 e. The van der Waals surface area contributed by atoms with E-state index in [2.05, 4.69) is 0 Å². The van der Waals surface area contributed by atoms with E-state index in [4.69, 9.17) is 10.8 Å². The highest BCUT2D eigenvalue weighted by molar-refractivity contribution is 5.74. The van der Waals surface area contributed by atoms with Crippen molar-refractivity contribution >= 4 is 5.97 Å². The SMILES string of the molecule is Cc1ccc(F)c([C@@H](C)[C@H](N)C(=O)O)c1C. The van der Waals surface area contributed by atoms with E-state index in [-0.39, 0.29) is 0 Å². The maximum Gasteiger partial charge on any atom is 0.321 e. The van der Waals surface area contributed by atoms with Crippen LogP contribution in [0.1, 0.15) is 29.5 Å². The fourth-order valence-electron chi connectivity index (χ4n) is 1.76. The molecule has 0 aliphatic carbocycles. The highest BCUT2D eigenvalue weighted by atomic mass is 19.1. The molecule has 1 rings (SSSR count). The summed E-state index contributed by atoms with van der Waals surface area (Å²) in [5, 5.41) is 8.82. The van der Waals surface area contributed by atoms with Gasteiger partial charge in [0.25, 0.3) is 0 Å². The first kappa shape index (κ1) is 12.6. The van der Waals surface area contributed by atoms with Gasteiger partial charge in [-0.1, -0.05) is 13.0 Å². The van der Waals surface area contributed by atoms with E-state index in [0.29, 0.717) is 5.56 Å². The Morgan fingerprint density at radius 2 is 2.00 bits per heavy atom. The topological polar surface area (TPSA) is 63.3 Å². The van der Waals surface area contributed by atoms with Gasteiger partial charge in [0.2, 0.25) is 0 Å². The molecule has 2 atom stereocenters. The van der Waals surface area contributed by atoms with Crippen LogP contribution in [0.3, 0.4) is 0 Å². The van der Waals surface area contributed by atoms with Crippen molar-refractivity contribution in [2.45, 2.75) is 32.7 Å². The Morgan fingerprint density at radius 3 is 2.50 bits per heavy atom. The van der Waals surface area contributed by atoms with Crippen LogP contribution in [0.5, 0.6) is 0 Å². The summed E-state index contributed by atoms with van der Waals surface area (Å²) in [5.74, 6) is -2.06. The van der Waals surface area contributed by atoms with Gasteiger partial charge >= 0.3 is 5.97 Å². The second kappa shape index (κ2) is 4.61. The molecule has 1 aromatic rings. The molecule has 0 saturated carbocycles. The van der Waals surface area contributed by atoms with Crippen molar-refractivity contribution in [3.8, 4) is 0 Å². The van der Waals surface area contributed by atoms with E-state index in [9.17, 15) is 9.18 Å². The standard InChI is InChI=1S/C12H16FNO2/c1-6-4-5-9(13)10(7(6)2)8(3)11(14)12(15)16/h4-5,8,11H,14H2,1-3H3,(H,15,16)/t8-,11+/m1/s1. The molecule has 0 spiro atoms. The van der Waals surface area contributed by atoms with E-state index in [1.54, 1.807) is 19.9 Å². The first-order chi connectivity index (χ1) is 7.36.